The highest BCUT2D eigenvalue weighted by atomic mass is 16.3. The van der Waals surface area contributed by atoms with Crippen LogP contribution in [0.1, 0.15) is 22.7 Å². The molecule has 0 spiro atoms. The van der Waals surface area contributed by atoms with Gasteiger partial charge >= 0.3 is 11.8 Å². The molecule has 3 aromatic rings. The fourth-order valence-corrected chi connectivity index (χ4v) is 2.91. The molecule has 3 aromatic carbocycles. The molecule has 0 aliphatic carbocycles. The van der Waals surface area contributed by atoms with Gasteiger partial charge in [0.1, 0.15) is 5.75 Å². The Hall–Kier alpha value is -3.60. The van der Waals surface area contributed by atoms with Crippen molar-refractivity contribution in [2.24, 2.45) is 0 Å². The van der Waals surface area contributed by atoms with E-state index in [1.165, 1.54) is 0 Å². The second-order valence-electron chi connectivity index (χ2n) is 6.40. The van der Waals surface area contributed by atoms with Crippen LogP contribution in [0.2, 0.25) is 0 Å². The Labute approximate surface area is 164 Å². The topological polar surface area (TPSA) is 78.4 Å². The Kier molecular flexibility index (Phi) is 6.41. The average Bonchev–Trinajstić information content (AvgIpc) is 2.74. The van der Waals surface area contributed by atoms with Gasteiger partial charge in [0, 0.05) is 6.54 Å². The molecular weight excluding hydrogens is 352 g/mol. The van der Waals surface area contributed by atoms with Crippen LogP contribution in [0.15, 0.2) is 84.9 Å². The van der Waals surface area contributed by atoms with Gasteiger partial charge < -0.3 is 15.7 Å². The first kappa shape index (κ1) is 19.2. The highest BCUT2D eigenvalue weighted by Gasteiger charge is 2.20. The van der Waals surface area contributed by atoms with Crippen LogP contribution >= 0.6 is 0 Å². The third-order valence-corrected chi connectivity index (χ3v) is 4.38. The molecule has 0 unspecified atom stereocenters. The largest absolute Gasteiger partial charge is 0.508 e. The Bertz CT molecular complexity index is 870. The molecule has 5 heteroatoms. The third-order valence-electron chi connectivity index (χ3n) is 4.38. The van der Waals surface area contributed by atoms with E-state index in [1.807, 2.05) is 60.7 Å². The van der Waals surface area contributed by atoms with Gasteiger partial charge in [0.2, 0.25) is 0 Å². The number of rotatable bonds is 6. The lowest BCUT2D eigenvalue weighted by molar-refractivity contribution is -0.139. The van der Waals surface area contributed by atoms with E-state index in [9.17, 15) is 14.7 Å². The van der Waals surface area contributed by atoms with Crippen LogP contribution in [0.3, 0.4) is 0 Å². The third kappa shape index (κ3) is 5.20. The lowest BCUT2D eigenvalue weighted by Crippen LogP contribution is -2.42. The van der Waals surface area contributed by atoms with Crippen molar-refractivity contribution in [3.8, 4) is 5.75 Å². The number of carbonyl (C=O) groups is 2. The molecule has 0 fully saturated rings. The fraction of sp³-hybridized carbons (Fsp3) is 0.130. The minimum atomic E-state index is -0.677. The molecule has 0 aromatic heterocycles. The van der Waals surface area contributed by atoms with Crippen molar-refractivity contribution in [2.75, 3.05) is 6.54 Å². The maximum absolute atomic E-state index is 12.4. The summed E-state index contributed by atoms with van der Waals surface area (Å²) in [6, 6.07) is 25.4. The summed E-state index contributed by atoms with van der Waals surface area (Å²) in [5.74, 6) is -1.15. The second kappa shape index (κ2) is 9.37. The molecule has 0 bridgehead atoms. The highest BCUT2D eigenvalue weighted by Crippen LogP contribution is 2.21. The molecular formula is C23H22N2O3. The van der Waals surface area contributed by atoms with E-state index in [1.54, 1.807) is 24.3 Å². The lowest BCUT2D eigenvalue weighted by atomic mass is 9.99. The molecule has 0 aliphatic heterocycles. The van der Waals surface area contributed by atoms with Crippen molar-refractivity contribution >= 4 is 11.8 Å². The molecule has 0 heterocycles. The van der Waals surface area contributed by atoms with Crippen LogP contribution in [0.4, 0.5) is 0 Å². The zero-order chi connectivity index (χ0) is 19.8. The Balaban J connectivity index is 1.61. The summed E-state index contributed by atoms with van der Waals surface area (Å²) in [4.78, 5) is 24.7. The molecule has 0 saturated carbocycles. The number of carbonyl (C=O) groups excluding carboxylic acids is 2. The molecule has 2 amide bonds. The number of hydrogen-bond donors (Lipinski definition) is 3. The highest BCUT2D eigenvalue weighted by molar-refractivity contribution is 6.35. The molecule has 3 rings (SSSR count). The van der Waals surface area contributed by atoms with Crippen LogP contribution in [-0.4, -0.2) is 23.5 Å². The van der Waals surface area contributed by atoms with Gasteiger partial charge in [-0.1, -0.05) is 72.8 Å². The minimum Gasteiger partial charge on any atom is -0.508 e. The van der Waals surface area contributed by atoms with Crippen molar-refractivity contribution < 1.29 is 14.7 Å². The lowest BCUT2D eigenvalue weighted by Gasteiger charge is -2.19. The van der Waals surface area contributed by atoms with Crippen molar-refractivity contribution in [3.63, 3.8) is 0 Å². The molecule has 0 aliphatic rings. The number of benzene rings is 3. The number of aromatic hydroxyl groups is 1. The Morgan fingerprint density at radius 3 is 1.82 bits per heavy atom. The van der Waals surface area contributed by atoms with Gasteiger partial charge in [0.05, 0.1) is 6.04 Å². The summed E-state index contributed by atoms with van der Waals surface area (Å²) in [6.45, 7) is 0.332. The first-order valence-electron chi connectivity index (χ1n) is 9.10. The van der Waals surface area contributed by atoms with Crippen LogP contribution in [0, 0.1) is 0 Å². The zero-order valence-electron chi connectivity index (χ0n) is 15.3. The standard InChI is InChI=1S/C23H22N2O3/c26-20-13-11-17(12-14-20)15-16-24-22(27)23(28)25-21(18-7-3-1-4-8-18)19-9-5-2-6-10-19/h1-14,21,26H,15-16H2,(H,24,27)(H,25,28). The SMILES string of the molecule is O=C(NCCc1ccc(O)cc1)C(=O)NC(c1ccccc1)c1ccccc1. The summed E-state index contributed by atoms with van der Waals surface area (Å²) >= 11 is 0. The van der Waals surface area contributed by atoms with E-state index < -0.39 is 17.9 Å². The van der Waals surface area contributed by atoms with Gasteiger partial charge in [0.25, 0.3) is 0 Å². The normalized spacial score (nSPS) is 10.5. The number of hydrogen-bond acceptors (Lipinski definition) is 3. The summed E-state index contributed by atoms with van der Waals surface area (Å²) in [7, 11) is 0. The first-order valence-corrected chi connectivity index (χ1v) is 9.10. The Morgan fingerprint density at radius 2 is 1.29 bits per heavy atom. The van der Waals surface area contributed by atoms with Gasteiger partial charge in [-0.15, -0.1) is 0 Å². The molecule has 0 atom stereocenters. The average molecular weight is 374 g/mol. The van der Waals surface area contributed by atoms with Crippen LogP contribution in [0.25, 0.3) is 0 Å². The number of nitrogens with one attached hydrogen (secondary N) is 2. The van der Waals surface area contributed by atoms with E-state index in [2.05, 4.69) is 10.6 Å². The van der Waals surface area contributed by atoms with Crippen LogP contribution in [-0.2, 0) is 16.0 Å². The summed E-state index contributed by atoms with van der Waals surface area (Å²) in [5.41, 5.74) is 2.77. The van der Waals surface area contributed by atoms with Crippen molar-refractivity contribution in [2.45, 2.75) is 12.5 Å². The van der Waals surface area contributed by atoms with Crippen molar-refractivity contribution in [1.82, 2.24) is 10.6 Å². The van der Waals surface area contributed by atoms with E-state index in [-0.39, 0.29) is 5.75 Å². The minimum absolute atomic E-state index is 0.194. The van der Waals surface area contributed by atoms with E-state index in [0.29, 0.717) is 13.0 Å². The summed E-state index contributed by atoms with van der Waals surface area (Å²) < 4.78 is 0. The van der Waals surface area contributed by atoms with Gasteiger partial charge in [-0.05, 0) is 35.2 Å². The van der Waals surface area contributed by atoms with Gasteiger partial charge in [-0.2, -0.15) is 0 Å². The number of amides is 2. The van der Waals surface area contributed by atoms with E-state index in [4.69, 9.17) is 0 Å². The first-order chi connectivity index (χ1) is 13.6. The predicted octanol–water partition coefficient (Wildman–Crippen LogP) is 2.96. The Morgan fingerprint density at radius 1 is 0.750 bits per heavy atom. The van der Waals surface area contributed by atoms with E-state index in [0.717, 1.165) is 16.7 Å². The smallest absolute Gasteiger partial charge is 0.310 e. The summed E-state index contributed by atoms with van der Waals surface area (Å²) in [5, 5.41) is 14.8. The number of phenols is 1. The molecule has 3 N–H and O–H groups in total. The monoisotopic (exact) mass is 374 g/mol. The zero-order valence-corrected chi connectivity index (χ0v) is 15.3. The molecule has 28 heavy (non-hydrogen) atoms. The van der Waals surface area contributed by atoms with Crippen molar-refractivity contribution in [3.05, 3.63) is 102 Å². The maximum atomic E-state index is 12.4. The van der Waals surface area contributed by atoms with Crippen LogP contribution < -0.4 is 10.6 Å². The maximum Gasteiger partial charge on any atom is 0.310 e. The quantitative estimate of drug-likeness (QED) is 0.581. The van der Waals surface area contributed by atoms with E-state index >= 15 is 0 Å². The molecule has 0 saturated heterocycles. The van der Waals surface area contributed by atoms with Gasteiger partial charge in [-0.25, -0.2) is 0 Å². The van der Waals surface area contributed by atoms with Crippen LogP contribution in [0.5, 0.6) is 5.75 Å². The second-order valence-corrected chi connectivity index (χ2v) is 6.40. The predicted molar refractivity (Wildman–Crippen MR) is 108 cm³/mol. The molecule has 0 radical (unpaired) electrons. The van der Waals surface area contributed by atoms with Gasteiger partial charge in [-0.3, -0.25) is 9.59 Å². The molecule has 142 valence electrons. The van der Waals surface area contributed by atoms with Crippen molar-refractivity contribution in [1.29, 1.82) is 0 Å². The fourth-order valence-electron chi connectivity index (χ4n) is 2.91. The summed E-state index contributed by atoms with van der Waals surface area (Å²) in [6.07, 6.45) is 0.570. The number of phenolic OH excluding ortho intramolecular Hbond substituents is 1. The van der Waals surface area contributed by atoms with Gasteiger partial charge in [0.15, 0.2) is 0 Å². The molecule has 5 nitrogen and oxygen atoms in total.